The van der Waals surface area contributed by atoms with Crippen LogP contribution in [0.2, 0.25) is 0 Å². The van der Waals surface area contributed by atoms with Gasteiger partial charge in [0.05, 0.1) is 31.6 Å². The van der Waals surface area contributed by atoms with Crippen LogP contribution in [-0.2, 0) is 35.9 Å². The van der Waals surface area contributed by atoms with Gasteiger partial charge in [0, 0.05) is 5.88 Å². The maximum absolute atomic E-state index is 16.0. The van der Waals surface area contributed by atoms with Crippen LogP contribution >= 0.6 is 21.9 Å². The first-order valence-corrected chi connectivity index (χ1v) is 23.9. The van der Waals surface area contributed by atoms with Crippen molar-refractivity contribution in [3.63, 3.8) is 0 Å². The third-order valence-electron chi connectivity index (χ3n) is 10.2. The van der Waals surface area contributed by atoms with Crippen LogP contribution in [-0.4, -0.2) is 35.8 Å². The van der Waals surface area contributed by atoms with Crippen LogP contribution in [0.3, 0.4) is 0 Å². The van der Waals surface area contributed by atoms with Gasteiger partial charge in [-0.2, -0.15) is 8.78 Å². The van der Waals surface area contributed by atoms with Gasteiger partial charge >= 0.3 is 21.3 Å². The molecular weight excluding hydrogens is 770 g/mol. The number of hydrogen-bond acceptors (Lipinski definition) is 4. The average molecular weight is 839 g/mol. The third kappa shape index (κ3) is 13.0. The van der Waals surface area contributed by atoms with Gasteiger partial charge in [-0.25, -0.2) is 4.79 Å². The zero-order valence-electron chi connectivity index (χ0n) is 35.4. The number of alkyl halides is 3. The molecule has 3 aromatic carbocycles. The predicted molar refractivity (Wildman–Crippen MR) is 231 cm³/mol. The second-order valence-corrected chi connectivity index (χ2v) is 23.0. The molecule has 0 aromatic heterocycles. The minimum Gasteiger partial charge on any atom is -0.460 e. The second kappa shape index (κ2) is 20.5. The van der Waals surface area contributed by atoms with Crippen molar-refractivity contribution in [3.8, 4) is 0 Å². The highest BCUT2D eigenvalue weighted by atomic mass is 35.5. The highest BCUT2D eigenvalue weighted by Crippen LogP contribution is 2.69. The Morgan fingerprint density at radius 2 is 0.821 bits per heavy atom. The van der Waals surface area contributed by atoms with Crippen molar-refractivity contribution < 1.29 is 30.4 Å². The van der Waals surface area contributed by atoms with Crippen LogP contribution in [0.4, 0.5) is 8.78 Å². The number of ether oxygens (including phenoxy) is 1. The van der Waals surface area contributed by atoms with Gasteiger partial charge in [0.1, 0.15) is 0 Å². The standard InChI is InChI=1S/C46H67ClF2O5S2/c1-43(2,3)36-22-28-39(29-23-36)55(40-30-24-37(25-31-40)44(4,5)6,41-32-26-38(27-33-41)45(7,8)9)54-56(51,52)46(48,49)42(50)53-35-21-19-17-15-13-11-10-12-14-16-18-20-34-47/h22-33H,10-21,34-35H2,1-9H3/p+1. The lowest BCUT2D eigenvalue weighted by Crippen LogP contribution is -2.42. The van der Waals surface area contributed by atoms with E-state index in [2.05, 4.69) is 65.9 Å². The largest absolute Gasteiger partial charge is 0.514 e. The number of esters is 1. The van der Waals surface area contributed by atoms with E-state index in [-0.39, 0.29) is 22.9 Å². The Kier molecular flexibility index (Phi) is 17.5. The molecular formula is C46H68ClF2O5S2+. The van der Waals surface area contributed by atoms with Crippen LogP contribution in [0.1, 0.15) is 156 Å². The van der Waals surface area contributed by atoms with E-state index in [4.69, 9.17) is 16.3 Å². The van der Waals surface area contributed by atoms with Crippen LogP contribution in [0, 0.1) is 0 Å². The van der Waals surface area contributed by atoms with E-state index in [0.29, 0.717) is 27.5 Å². The van der Waals surface area contributed by atoms with Gasteiger partial charge < -0.3 is 4.74 Å². The summed E-state index contributed by atoms with van der Waals surface area (Å²) >= 11 is 5.73. The molecule has 56 heavy (non-hydrogen) atoms. The molecule has 10 heteroatoms. The van der Waals surface area contributed by atoms with E-state index < -0.39 is 31.7 Å². The molecule has 0 aliphatic heterocycles. The Morgan fingerprint density at radius 1 is 0.536 bits per heavy atom. The molecule has 0 amide bonds. The summed E-state index contributed by atoms with van der Waals surface area (Å²) < 4.78 is 69.4. The van der Waals surface area contributed by atoms with Crippen LogP contribution in [0.5, 0.6) is 0 Å². The number of hydrogen-bond donors (Lipinski definition) is 0. The monoisotopic (exact) mass is 837 g/mol. The first-order chi connectivity index (χ1) is 26.1. The Hall–Kier alpha value is -2.46. The fraction of sp³-hybridized carbons (Fsp3) is 0.587. The minimum absolute atomic E-state index is 0.219. The summed E-state index contributed by atoms with van der Waals surface area (Å²) in [4.78, 5) is 14.3. The van der Waals surface area contributed by atoms with E-state index in [1.807, 2.05) is 36.4 Å². The van der Waals surface area contributed by atoms with Crippen molar-refractivity contribution in [2.45, 2.75) is 176 Å². The Morgan fingerprint density at radius 3 is 1.11 bits per heavy atom. The summed E-state index contributed by atoms with van der Waals surface area (Å²) in [5.41, 5.74) is 2.31. The van der Waals surface area contributed by atoms with Gasteiger partial charge in [0.15, 0.2) is 0 Å². The van der Waals surface area contributed by atoms with E-state index in [1.54, 1.807) is 36.4 Å². The molecule has 0 bridgehead atoms. The molecule has 0 spiro atoms. The van der Waals surface area contributed by atoms with Crippen molar-refractivity contribution in [1.82, 2.24) is 0 Å². The number of halogens is 3. The average Bonchev–Trinajstić information content (AvgIpc) is 3.13. The molecule has 0 saturated carbocycles. The third-order valence-corrected chi connectivity index (χ3v) is 15.8. The van der Waals surface area contributed by atoms with Gasteiger partial charge in [-0.05, 0) is 82.2 Å². The lowest BCUT2D eigenvalue weighted by atomic mass is 9.87. The molecule has 3 aromatic rings. The summed E-state index contributed by atoms with van der Waals surface area (Å²) in [5.74, 6) is -1.37. The van der Waals surface area contributed by atoms with Crippen molar-refractivity contribution in [2.24, 2.45) is 0 Å². The van der Waals surface area contributed by atoms with Crippen molar-refractivity contribution in [1.29, 1.82) is 0 Å². The zero-order chi connectivity index (χ0) is 41.8. The molecule has 0 saturated heterocycles. The Bertz CT molecular complexity index is 1620. The lowest BCUT2D eigenvalue weighted by molar-refractivity contribution is -0.161. The zero-order valence-corrected chi connectivity index (χ0v) is 37.7. The van der Waals surface area contributed by atoms with E-state index in [9.17, 15) is 13.2 Å². The first kappa shape index (κ1) is 47.9. The SMILES string of the molecule is CC(C)(C)c1ccc(S([OH+]S(=O)(=O)C(F)(F)C(=O)OCCCCCCCCCCCCCCCl)(c2ccc(C(C)(C)C)cc2)c2ccc(C(C)(C)C)cc2)cc1. The van der Waals surface area contributed by atoms with Crippen molar-refractivity contribution in [2.75, 3.05) is 12.5 Å². The van der Waals surface area contributed by atoms with Gasteiger partial charge in [-0.1, -0.05) is 163 Å². The number of carbonyl (C=O) groups is 1. The molecule has 5 nitrogen and oxygen atoms in total. The van der Waals surface area contributed by atoms with Gasteiger partial charge in [-0.15, -0.1) is 20.0 Å². The maximum Gasteiger partial charge on any atom is 0.514 e. The molecule has 0 atom stereocenters. The molecule has 0 aliphatic rings. The maximum atomic E-state index is 16.0. The fourth-order valence-corrected chi connectivity index (χ4v) is 12.0. The molecule has 1 N–H and O–H groups in total. The molecule has 0 aliphatic carbocycles. The molecule has 0 unspecified atom stereocenters. The lowest BCUT2D eigenvalue weighted by Gasteiger charge is -2.36. The van der Waals surface area contributed by atoms with E-state index in [0.717, 1.165) is 54.7 Å². The number of benzene rings is 3. The molecule has 3 rings (SSSR count). The predicted octanol–water partition coefficient (Wildman–Crippen LogP) is 14.3. The Labute approximate surface area is 344 Å². The highest BCUT2D eigenvalue weighted by Gasteiger charge is 2.63. The highest BCUT2D eigenvalue weighted by molar-refractivity contribution is 8.32. The summed E-state index contributed by atoms with van der Waals surface area (Å²) in [5, 5.41) is -4.91. The number of rotatable bonds is 21. The molecule has 0 fully saturated rings. The van der Waals surface area contributed by atoms with Gasteiger partial charge in [0.2, 0.25) is 0 Å². The summed E-state index contributed by atoms with van der Waals surface area (Å²) in [6.07, 6.45) is 12.4. The normalized spacial score (nSPS) is 13.5. The molecule has 0 heterocycles. The van der Waals surface area contributed by atoms with E-state index >= 15 is 8.78 Å². The quantitative estimate of drug-likeness (QED) is 0.0352. The van der Waals surface area contributed by atoms with Gasteiger partial charge in [0.25, 0.3) is 0 Å². The Balaban J connectivity index is 1.90. The summed E-state index contributed by atoms with van der Waals surface area (Å²) in [7, 11) is -9.10. The fourth-order valence-electron chi connectivity index (χ4n) is 6.51. The topological polar surface area (TPSA) is 73.2 Å². The molecule has 0 radical (unpaired) electrons. The minimum atomic E-state index is -5.80. The van der Waals surface area contributed by atoms with Crippen molar-refractivity contribution in [3.05, 3.63) is 89.5 Å². The van der Waals surface area contributed by atoms with Crippen LogP contribution in [0.25, 0.3) is 0 Å². The molecule has 314 valence electrons. The summed E-state index contributed by atoms with van der Waals surface area (Å²) in [6.45, 7) is 18.3. The van der Waals surface area contributed by atoms with Crippen LogP contribution in [0.15, 0.2) is 87.5 Å². The first-order valence-electron chi connectivity index (χ1n) is 20.3. The van der Waals surface area contributed by atoms with E-state index in [1.165, 1.54) is 32.1 Å². The number of carbonyl (C=O) groups excluding carboxylic acids is 1. The summed E-state index contributed by atoms with van der Waals surface area (Å²) in [6, 6.07) is 22.1. The van der Waals surface area contributed by atoms with Gasteiger partial charge in [-0.3, -0.25) is 3.63 Å². The smallest absolute Gasteiger partial charge is 0.460 e. The van der Waals surface area contributed by atoms with Crippen molar-refractivity contribution >= 4 is 38.0 Å². The second-order valence-electron chi connectivity index (χ2n) is 18.0. The van der Waals surface area contributed by atoms with Crippen LogP contribution < -0.4 is 0 Å². The number of unbranched alkanes of at least 4 members (excludes halogenated alkanes) is 11.